The number of hydrogen-bond donors (Lipinski definition) is 3. The van der Waals surface area contributed by atoms with E-state index in [-0.39, 0.29) is 31.9 Å². The van der Waals surface area contributed by atoms with Gasteiger partial charge in [0.25, 0.3) is 0 Å². The van der Waals surface area contributed by atoms with Crippen LogP contribution in [0.25, 0.3) is 0 Å². The number of halogens is 1. The molecule has 0 bridgehead atoms. The molecule has 7 nitrogen and oxygen atoms in total. The molecule has 0 fully saturated rings. The molecule has 1 aromatic rings. The Morgan fingerprint density at radius 2 is 1.83 bits per heavy atom. The van der Waals surface area contributed by atoms with Crippen LogP contribution in [-0.2, 0) is 25.7 Å². The number of carbonyl (C=O) groups excluding carboxylic acids is 3. The molecule has 0 aromatic heterocycles. The molecular formula is C15H22ClN3O4. The van der Waals surface area contributed by atoms with Gasteiger partial charge in [-0.2, -0.15) is 0 Å². The van der Waals surface area contributed by atoms with Crippen molar-refractivity contribution in [2.75, 3.05) is 0 Å². The topological polar surface area (TPSA) is 125 Å². The fourth-order valence-corrected chi connectivity index (χ4v) is 1.66. The second-order valence-corrected chi connectivity index (χ2v) is 4.94. The van der Waals surface area contributed by atoms with E-state index in [4.69, 9.17) is 16.2 Å². The predicted octanol–water partition coefficient (Wildman–Crippen LogP) is 0.249. The Morgan fingerprint density at radius 1 is 1.22 bits per heavy atom. The quantitative estimate of drug-likeness (QED) is 0.353. The van der Waals surface area contributed by atoms with Gasteiger partial charge in [-0.15, -0.1) is 12.4 Å². The van der Waals surface area contributed by atoms with Crippen molar-refractivity contribution in [3.8, 4) is 0 Å². The molecule has 0 radical (unpaired) electrons. The van der Waals surface area contributed by atoms with Crippen LogP contribution in [0.3, 0.4) is 0 Å². The number of esters is 1. The van der Waals surface area contributed by atoms with E-state index in [1.807, 2.05) is 30.3 Å². The Kier molecular flexibility index (Phi) is 9.60. The maximum Gasteiger partial charge on any atom is 0.306 e. The van der Waals surface area contributed by atoms with Crippen LogP contribution in [-0.4, -0.2) is 29.9 Å². The Bertz CT molecular complexity index is 523. The summed E-state index contributed by atoms with van der Waals surface area (Å²) in [5.41, 5.74) is 11.5. The fourth-order valence-electron chi connectivity index (χ4n) is 1.66. The normalized spacial score (nSPS) is 12.4. The summed E-state index contributed by atoms with van der Waals surface area (Å²) in [6.07, 6.45) is 0.0427. The predicted molar refractivity (Wildman–Crippen MR) is 87.5 cm³/mol. The number of primary amides is 1. The van der Waals surface area contributed by atoms with Crippen LogP contribution < -0.4 is 16.8 Å². The Labute approximate surface area is 141 Å². The molecule has 8 heteroatoms. The largest absolute Gasteiger partial charge is 0.461 e. The molecule has 128 valence electrons. The first-order chi connectivity index (χ1) is 10.4. The van der Waals surface area contributed by atoms with Crippen LogP contribution in [0.4, 0.5) is 0 Å². The number of nitrogens with one attached hydrogen (secondary N) is 1. The third-order valence-electron chi connectivity index (χ3n) is 2.95. The Hall–Kier alpha value is -2.12. The average molecular weight is 348 g/mol. The Balaban J connectivity index is 0.00000484. The maximum absolute atomic E-state index is 11.7. The standard InChI is InChI=1S/C15H21N3O4.ClH/c1-10(16)15(21)18-12(14(17)20)7-8-13(19)22-9-11-5-3-2-4-6-11;/h2-6,10,12H,7-9,16H2,1H3,(H2,17,20)(H,18,21);1H/t10-,12+;/m0./s1/i1+1,10+1,15+1,16+1;. The smallest absolute Gasteiger partial charge is 0.306 e. The van der Waals surface area contributed by atoms with Crippen LogP contribution in [0.2, 0.25) is 0 Å². The lowest BCUT2D eigenvalue weighted by Crippen LogP contribution is -2.49. The zero-order valence-electron chi connectivity index (χ0n) is 12.9. The molecule has 23 heavy (non-hydrogen) atoms. The van der Waals surface area contributed by atoms with Gasteiger partial charge in [0.15, 0.2) is 0 Å². The van der Waals surface area contributed by atoms with Crippen LogP contribution in [0.5, 0.6) is 0 Å². The van der Waals surface area contributed by atoms with E-state index in [0.29, 0.717) is 0 Å². The average Bonchev–Trinajstić information content (AvgIpc) is 2.49. The molecule has 0 saturated carbocycles. The summed E-state index contributed by atoms with van der Waals surface area (Å²) >= 11 is 0. The fraction of sp³-hybridized carbons (Fsp3) is 0.400. The van der Waals surface area contributed by atoms with E-state index < -0.39 is 29.9 Å². The maximum atomic E-state index is 11.7. The highest BCUT2D eigenvalue weighted by Crippen LogP contribution is 2.04. The molecular weight excluding hydrogens is 326 g/mol. The van der Waals surface area contributed by atoms with Gasteiger partial charge < -0.3 is 21.5 Å². The van der Waals surface area contributed by atoms with E-state index in [1.165, 1.54) is 6.92 Å². The highest BCUT2D eigenvalue weighted by Gasteiger charge is 2.21. The number of nitrogens with two attached hydrogens (primary N) is 2. The molecule has 0 spiro atoms. The van der Waals surface area contributed by atoms with Gasteiger partial charge in [0.2, 0.25) is 11.8 Å². The lowest BCUT2D eigenvalue weighted by Gasteiger charge is -2.16. The van der Waals surface area contributed by atoms with Crippen molar-refractivity contribution in [2.24, 2.45) is 11.5 Å². The zero-order valence-corrected chi connectivity index (χ0v) is 13.7. The number of benzene rings is 1. The van der Waals surface area contributed by atoms with Gasteiger partial charge in [-0.1, -0.05) is 30.3 Å². The summed E-state index contributed by atoms with van der Waals surface area (Å²) in [4.78, 5) is 34.4. The Morgan fingerprint density at radius 3 is 2.35 bits per heavy atom. The van der Waals surface area contributed by atoms with Crippen molar-refractivity contribution in [2.45, 2.75) is 38.5 Å². The van der Waals surface area contributed by atoms with Gasteiger partial charge in [-0.3, -0.25) is 14.4 Å². The van der Waals surface area contributed by atoms with Crippen LogP contribution in [0.15, 0.2) is 30.3 Å². The summed E-state index contributed by atoms with van der Waals surface area (Å²) in [6, 6.07) is 7.52. The van der Waals surface area contributed by atoms with Crippen molar-refractivity contribution in [3.05, 3.63) is 35.9 Å². The summed E-state index contributed by atoms with van der Waals surface area (Å²) in [7, 11) is 0. The van der Waals surface area contributed by atoms with Gasteiger partial charge in [-0.25, -0.2) is 0 Å². The van der Waals surface area contributed by atoms with E-state index in [0.717, 1.165) is 5.56 Å². The van der Waals surface area contributed by atoms with Crippen molar-refractivity contribution in [1.82, 2.24) is 5.32 Å². The molecule has 1 aromatic carbocycles. The van der Waals surface area contributed by atoms with E-state index in [1.54, 1.807) is 0 Å². The summed E-state index contributed by atoms with van der Waals surface area (Å²) in [5.74, 6) is -1.68. The number of hydrogen-bond acceptors (Lipinski definition) is 5. The monoisotopic (exact) mass is 347 g/mol. The second kappa shape index (κ2) is 10.6. The van der Waals surface area contributed by atoms with Gasteiger partial charge >= 0.3 is 5.97 Å². The minimum Gasteiger partial charge on any atom is -0.461 e. The minimum absolute atomic E-state index is 0. The summed E-state index contributed by atoms with van der Waals surface area (Å²) < 4.78 is 5.08. The molecule has 0 aliphatic rings. The summed E-state index contributed by atoms with van der Waals surface area (Å²) in [6.45, 7) is 1.65. The number of carbonyl (C=O) groups is 3. The van der Waals surface area contributed by atoms with Crippen LogP contribution in [0.1, 0.15) is 25.3 Å². The first kappa shape index (κ1) is 20.9. The molecule has 0 saturated heterocycles. The van der Waals surface area contributed by atoms with E-state index in [2.05, 4.69) is 5.32 Å². The summed E-state index contributed by atoms with van der Waals surface area (Å²) in [5, 5.41) is 2.40. The van der Waals surface area contributed by atoms with E-state index >= 15 is 0 Å². The van der Waals surface area contributed by atoms with Crippen molar-refractivity contribution in [1.29, 1.82) is 0 Å². The van der Waals surface area contributed by atoms with Gasteiger partial charge in [0.1, 0.15) is 12.6 Å². The van der Waals surface area contributed by atoms with Gasteiger partial charge in [0.05, 0.1) is 6.04 Å². The minimum atomic E-state index is -0.942. The second-order valence-electron chi connectivity index (χ2n) is 4.94. The molecule has 5 N–H and O–H groups in total. The zero-order chi connectivity index (χ0) is 16.5. The SMILES string of the molecule is Cl.[13CH3][13C@H]([15NH2])[13C](=O)N[C@H](CCC(=O)OCc1ccccc1)C(N)=O. The third kappa shape index (κ3) is 8.18. The van der Waals surface area contributed by atoms with Crippen molar-refractivity contribution in [3.63, 3.8) is 0 Å². The van der Waals surface area contributed by atoms with Gasteiger partial charge in [0, 0.05) is 6.42 Å². The molecule has 0 heterocycles. The molecule has 0 aliphatic heterocycles. The van der Waals surface area contributed by atoms with E-state index in [9.17, 15) is 14.4 Å². The highest BCUT2D eigenvalue weighted by atomic mass is 35.5. The van der Waals surface area contributed by atoms with Gasteiger partial charge in [-0.05, 0) is 18.9 Å². The first-order valence-electron chi connectivity index (χ1n) is 6.95. The molecule has 1 rings (SSSR count). The lowest BCUT2D eigenvalue weighted by atomic mass is 10.1. The molecule has 0 unspecified atom stereocenters. The molecule has 0 aliphatic carbocycles. The lowest BCUT2D eigenvalue weighted by molar-refractivity contribution is -0.145. The third-order valence-corrected chi connectivity index (χ3v) is 2.95. The first-order valence-corrected chi connectivity index (χ1v) is 6.95. The van der Waals surface area contributed by atoms with Crippen LogP contribution >= 0.6 is 12.4 Å². The van der Waals surface area contributed by atoms with Crippen LogP contribution in [0, 0.1) is 0 Å². The number of amides is 2. The number of rotatable bonds is 8. The number of ether oxygens (including phenoxy) is 1. The highest BCUT2D eigenvalue weighted by molar-refractivity contribution is 5.89. The molecule has 2 atom stereocenters. The van der Waals surface area contributed by atoms with Crippen molar-refractivity contribution < 1.29 is 19.1 Å². The molecule has 2 amide bonds. The van der Waals surface area contributed by atoms with Crippen molar-refractivity contribution >= 4 is 30.2 Å².